The van der Waals surface area contributed by atoms with Crippen LogP contribution in [-0.4, -0.2) is 23.1 Å². The second-order valence-corrected chi connectivity index (χ2v) is 6.83. The first-order valence-corrected chi connectivity index (χ1v) is 8.61. The summed E-state index contributed by atoms with van der Waals surface area (Å²) in [5.74, 6) is -0.322. The zero-order valence-corrected chi connectivity index (χ0v) is 15.0. The van der Waals surface area contributed by atoms with Gasteiger partial charge in [0.05, 0.1) is 23.4 Å². The topological polar surface area (TPSA) is 78.1 Å². The number of nitrogen functional groups attached to an aromatic ring is 1. The number of rotatable bonds is 5. The number of aromatic nitrogens is 2. The molecule has 7 heteroatoms. The summed E-state index contributed by atoms with van der Waals surface area (Å²) in [6.45, 7) is 3.78. The smallest absolute Gasteiger partial charge is 0.175 e. The van der Waals surface area contributed by atoms with Crippen LogP contribution in [-0.2, 0) is 6.42 Å². The van der Waals surface area contributed by atoms with E-state index in [-0.39, 0.29) is 18.0 Å². The molecule has 2 heterocycles. The van der Waals surface area contributed by atoms with Crippen molar-refractivity contribution in [2.45, 2.75) is 26.7 Å². The van der Waals surface area contributed by atoms with Crippen LogP contribution in [0.25, 0.3) is 10.2 Å². The lowest BCUT2D eigenvalue weighted by atomic mass is 10.0. The summed E-state index contributed by atoms with van der Waals surface area (Å²) in [6.07, 6.45) is 0.672. The van der Waals surface area contributed by atoms with Crippen molar-refractivity contribution in [3.05, 3.63) is 45.7 Å². The van der Waals surface area contributed by atoms with Crippen LogP contribution < -0.4 is 10.5 Å². The molecule has 25 heavy (non-hydrogen) atoms. The van der Waals surface area contributed by atoms with E-state index in [1.54, 1.807) is 12.1 Å². The maximum atomic E-state index is 13.7. The molecule has 0 aliphatic rings. The fraction of sp³-hybridized carbons (Fsp3) is 0.278. The number of halogens is 1. The molecule has 1 aromatic carbocycles. The van der Waals surface area contributed by atoms with Crippen molar-refractivity contribution in [3.63, 3.8) is 0 Å². The standard InChI is InChI=1S/C18H18FN3O2S/c1-9-10(2)21-22-18-15(9)16(20)17(25-18)13(23)6-4-11-5-7-14(24-3)12(19)8-11/h5,7-8H,4,6,20H2,1-3H3. The molecule has 0 fully saturated rings. The molecule has 0 radical (unpaired) electrons. The Balaban J connectivity index is 1.82. The van der Waals surface area contributed by atoms with Gasteiger partial charge in [0.1, 0.15) is 4.83 Å². The highest BCUT2D eigenvalue weighted by atomic mass is 32.1. The van der Waals surface area contributed by atoms with Crippen LogP contribution in [0.4, 0.5) is 10.1 Å². The highest BCUT2D eigenvalue weighted by Crippen LogP contribution is 2.35. The SMILES string of the molecule is COc1ccc(CCC(=O)c2sc3nnc(C)c(C)c3c2N)cc1F. The number of fused-ring (bicyclic) bond motifs is 1. The quantitative estimate of drug-likeness (QED) is 0.700. The maximum Gasteiger partial charge on any atom is 0.175 e. The van der Waals surface area contributed by atoms with E-state index >= 15 is 0 Å². The zero-order chi connectivity index (χ0) is 18.1. The minimum absolute atomic E-state index is 0.0752. The van der Waals surface area contributed by atoms with E-state index < -0.39 is 5.82 Å². The molecule has 0 aliphatic heterocycles. The molecule has 0 saturated heterocycles. The molecule has 0 saturated carbocycles. The third-order valence-corrected chi connectivity index (χ3v) is 5.38. The van der Waals surface area contributed by atoms with Crippen molar-refractivity contribution in [2.75, 3.05) is 12.8 Å². The monoisotopic (exact) mass is 359 g/mol. The first-order chi connectivity index (χ1) is 11.9. The van der Waals surface area contributed by atoms with Gasteiger partial charge in [0.15, 0.2) is 17.3 Å². The average Bonchev–Trinajstić information content (AvgIpc) is 2.93. The van der Waals surface area contributed by atoms with Crippen LogP contribution in [0.2, 0.25) is 0 Å². The Morgan fingerprint density at radius 1 is 1.32 bits per heavy atom. The average molecular weight is 359 g/mol. The summed E-state index contributed by atoms with van der Waals surface area (Å²) in [6, 6.07) is 4.70. The molecule has 3 rings (SSSR count). The van der Waals surface area contributed by atoms with E-state index in [1.165, 1.54) is 24.5 Å². The van der Waals surface area contributed by atoms with Crippen molar-refractivity contribution in [1.82, 2.24) is 10.2 Å². The summed E-state index contributed by atoms with van der Waals surface area (Å²) in [5, 5.41) is 9.01. The van der Waals surface area contributed by atoms with Gasteiger partial charge in [0.2, 0.25) is 0 Å². The highest BCUT2D eigenvalue weighted by molar-refractivity contribution is 7.21. The van der Waals surface area contributed by atoms with E-state index in [0.717, 1.165) is 22.2 Å². The van der Waals surface area contributed by atoms with E-state index in [1.807, 2.05) is 13.8 Å². The number of ether oxygens (including phenoxy) is 1. The van der Waals surface area contributed by atoms with Gasteiger partial charge < -0.3 is 10.5 Å². The van der Waals surface area contributed by atoms with E-state index in [4.69, 9.17) is 10.5 Å². The number of Topliss-reactive ketones (excluding diaryl/α,β-unsaturated/α-hetero) is 1. The van der Waals surface area contributed by atoms with Gasteiger partial charge in [-0.1, -0.05) is 6.07 Å². The number of hydrogen-bond donors (Lipinski definition) is 1. The molecular formula is C18H18FN3O2S. The molecular weight excluding hydrogens is 341 g/mol. The number of carbonyl (C=O) groups is 1. The Labute approximate surface area is 148 Å². The predicted molar refractivity (Wildman–Crippen MR) is 96.9 cm³/mol. The normalized spacial score (nSPS) is 11.0. The number of hydrogen-bond acceptors (Lipinski definition) is 6. The molecule has 0 spiro atoms. The van der Waals surface area contributed by atoms with Crippen LogP contribution in [0.5, 0.6) is 5.75 Å². The second kappa shape index (κ2) is 6.76. The minimum Gasteiger partial charge on any atom is -0.494 e. The summed E-state index contributed by atoms with van der Waals surface area (Å²) >= 11 is 1.26. The highest BCUT2D eigenvalue weighted by Gasteiger charge is 2.19. The Kier molecular flexibility index (Phi) is 4.67. The van der Waals surface area contributed by atoms with Crippen LogP contribution in [0, 0.1) is 19.7 Å². The Morgan fingerprint density at radius 2 is 2.08 bits per heavy atom. The van der Waals surface area contributed by atoms with Gasteiger partial charge in [-0.25, -0.2) is 4.39 Å². The number of ketones is 1. The van der Waals surface area contributed by atoms with E-state index in [2.05, 4.69) is 10.2 Å². The Bertz CT molecular complexity index is 969. The molecule has 5 nitrogen and oxygen atoms in total. The Hall–Kier alpha value is -2.54. The number of thiophene rings is 1. The van der Waals surface area contributed by atoms with Gasteiger partial charge in [-0.2, -0.15) is 5.10 Å². The Morgan fingerprint density at radius 3 is 2.76 bits per heavy atom. The molecule has 0 amide bonds. The number of benzene rings is 1. The van der Waals surface area contributed by atoms with Gasteiger partial charge in [0, 0.05) is 11.8 Å². The lowest BCUT2D eigenvalue weighted by Crippen LogP contribution is -2.03. The summed E-state index contributed by atoms with van der Waals surface area (Å²) in [4.78, 5) is 13.7. The van der Waals surface area contributed by atoms with E-state index in [0.29, 0.717) is 21.8 Å². The lowest BCUT2D eigenvalue weighted by Gasteiger charge is -2.05. The summed E-state index contributed by atoms with van der Waals surface area (Å²) in [7, 11) is 1.42. The number of nitrogens with zero attached hydrogens (tertiary/aromatic N) is 2. The molecule has 0 unspecified atom stereocenters. The van der Waals surface area contributed by atoms with Crippen LogP contribution in [0.15, 0.2) is 18.2 Å². The predicted octanol–water partition coefficient (Wildman–Crippen LogP) is 3.85. The number of carbonyl (C=O) groups excluding carboxylic acids is 1. The number of anilines is 1. The fourth-order valence-electron chi connectivity index (χ4n) is 2.68. The van der Waals surface area contributed by atoms with Gasteiger partial charge in [0.25, 0.3) is 0 Å². The molecule has 2 aromatic heterocycles. The third-order valence-electron chi connectivity index (χ3n) is 4.25. The summed E-state index contributed by atoms with van der Waals surface area (Å²) in [5.41, 5.74) is 9.12. The minimum atomic E-state index is -0.435. The number of aryl methyl sites for hydroxylation is 3. The summed E-state index contributed by atoms with van der Waals surface area (Å²) < 4.78 is 18.6. The molecule has 0 bridgehead atoms. The molecule has 130 valence electrons. The number of nitrogens with two attached hydrogens (primary N) is 1. The molecule has 0 aliphatic carbocycles. The van der Waals surface area contributed by atoms with Gasteiger partial charge >= 0.3 is 0 Å². The fourth-order valence-corrected chi connectivity index (χ4v) is 3.75. The van der Waals surface area contributed by atoms with Crippen molar-refractivity contribution in [3.8, 4) is 5.75 Å². The van der Waals surface area contributed by atoms with Crippen LogP contribution >= 0.6 is 11.3 Å². The largest absolute Gasteiger partial charge is 0.494 e. The first kappa shape index (κ1) is 17.3. The van der Waals surface area contributed by atoms with Crippen LogP contribution in [0.1, 0.15) is 32.9 Å². The zero-order valence-electron chi connectivity index (χ0n) is 14.2. The number of methoxy groups -OCH3 is 1. The van der Waals surface area contributed by atoms with Crippen LogP contribution in [0.3, 0.4) is 0 Å². The lowest BCUT2D eigenvalue weighted by molar-refractivity contribution is 0.0987. The molecule has 0 atom stereocenters. The van der Waals surface area contributed by atoms with E-state index in [9.17, 15) is 9.18 Å². The second-order valence-electron chi connectivity index (χ2n) is 5.83. The molecule has 3 aromatic rings. The first-order valence-electron chi connectivity index (χ1n) is 7.79. The van der Waals surface area contributed by atoms with Crippen molar-refractivity contribution in [1.29, 1.82) is 0 Å². The maximum absolute atomic E-state index is 13.7. The van der Waals surface area contributed by atoms with Crippen molar-refractivity contribution in [2.24, 2.45) is 0 Å². The third kappa shape index (κ3) is 3.19. The van der Waals surface area contributed by atoms with Crippen molar-refractivity contribution < 1.29 is 13.9 Å². The van der Waals surface area contributed by atoms with Gasteiger partial charge in [-0.15, -0.1) is 16.4 Å². The molecule has 2 N–H and O–H groups in total. The van der Waals surface area contributed by atoms with Gasteiger partial charge in [-0.05, 0) is 43.5 Å². The van der Waals surface area contributed by atoms with Gasteiger partial charge in [-0.3, -0.25) is 4.79 Å². The van der Waals surface area contributed by atoms with Crippen molar-refractivity contribution >= 4 is 33.0 Å².